The number of nitrogens with one attached hydrogen (secondary N) is 1. The van der Waals surface area contributed by atoms with Crippen LogP contribution in [-0.2, 0) is 25.5 Å². The van der Waals surface area contributed by atoms with Crippen LogP contribution in [0.2, 0.25) is 0 Å². The van der Waals surface area contributed by atoms with E-state index in [4.69, 9.17) is 9.47 Å². The number of anilines is 1. The molecule has 0 spiro atoms. The molecule has 0 bridgehead atoms. The number of carbonyl (C=O) groups excluding carboxylic acids is 2. The molecule has 8 heteroatoms. The first-order valence-electron chi connectivity index (χ1n) is 7.79. The van der Waals surface area contributed by atoms with Gasteiger partial charge in [-0.1, -0.05) is 20.8 Å². The standard InChI is InChI=1S/C16H27N3O4S/c1-16(2,3)14(21)18-15-17-12(11-24-15)10-13(20)19(6-8-22-4)7-9-23-5/h11H,6-10H2,1-5H3,(H,17,18,21). The first-order chi connectivity index (χ1) is 11.3. The summed E-state index contributed by atoms with van der Waals surface area (Å²) >= 11 is 1.32. The van der Waals surface area contributed by atoms with E-state index in [-0.39, 0.29) is 18.2 Å². The van der Waals surface area contributed by atoms with Gasteiger partial charge >= 0.3 is 0 Å². The largest absolute Gasteiger partial charge is 0.383 e. The second kappa shape index (κ2) is 9.71. The van der Waals surface area contributed by atoms with Crippen molar-refractivity contribution in [2.75, 3.05) is 45.8 Å². The molecule has 0 fully saturated rings. The summed E-state index contributed by atoms with van der Waals surface area (Å²) in [6, 6.07) is 0. The molecule has 24 heavy (non-hydrogen) atoms. The van der Waals surface area contributed by atoms with Gasteiger partial charge < -0.3 is 19.7 Å². The van der Waals surface area contributed by atoms with Crippen molar-refractivity contribution in [3.63, 3.8) is 0 Å². The maximum absolute atomic E-state index is 12.4. The molecule has 1 N–H and O–H groups in total. The van der Waals surface area contributed by atoms with Crippen molar-refractivity contribution in [2.24, 2.45) is 5.41 Å². The van der Waals surface area contributed by atoms with Gasteiger partial charge in [0.25, 0.3) is 0 Å². The molecule has 0 atom stereocenters. The number of carbonyl (C=O) groups is 2. The van der Waals surface area contributed by atoms with Crippen molar-refractivity contribution in [3.8, 4) is 0 Å². The lowest BCUT2D eigenvalue weighted by Crippen LogP contribution is -2.37. The lowest BCUT2D eigenvalue weighted by molar-refractivity contribution is -0.131. The molecule has 1 rings (SSSR count). The van der Waals surface area contributed by atoms with Crippen LogP contribution in [0.4, 0.5) is 5.13 Å². The van der Waals surface area contributed by atoms with E-state index in [9.17, 15) is 9.59 Å². The zero-order valence-corrected chi connectivity index (χ0v) is 15.9. The summed E-state index contributed by atoms with van der Waals surface area (Å²) in [6.45, 7) is 7.48. The fourth-order valence-corrected chi connectivity index (χ4v) is 2.47. The fraction of sp³-hybridized carbons (Fsp3) is 0.688. The van der Waals surface area contributed by atoms with Gasteiger partial charge in [-0.2, -0.15) is 0 Å². The molecular weight excluding hydrogens is 330 g/mol. The van der Waals surface area contributed by atoms with Gasteiger partial charge in [0.15, 0.2) is 5.13 Å². The summed E-state index contributed by atoms with van der Waals surface area (Å²) in [7, 11) is 3.20. The molecule has 1 aromatic rings. The monoisotopic (exact) mass is 357 g/mol. The number of hydrogen-bond acceptors (Lipinski definition) is 6. The van der Waals surface area contributed by atoms with Gasteiger partial charge in [0.2, 0.25) is 11.8 Å². The summed E-state index contributed by atoms with van der Waals surface area (Å²) in [6.07, 6.45) is 0.190. The van der Waals surface area contributed by atoms with Crippen LogP contribution in [0.3, 0.4) is 0 Å². The van der Waals surface area contributed by atoms with E-state index in [1.807, 2.05) is 20.8 Å². The van der Waals surface area contributed by atoms with Gasteiger partial charge in [-0.25, -0.2) is 4.98 Å². The number of aromatic nitrogens is 1. The molecular formula is C16H27N3O4S. The van der Waals surface area contributed by atoms with Gasteiger partial charge in [0.05, 0.1) is 25.3 Å². The highest BCUT2D eigenvalue weighted by atomic mass is 32.1. The molecule has 0 aliphatic heterocycles. The van der Waals surface area contributed by atoms with E-state index in [2.05, 4.69) is 10.3 Å². The molecule has 0 unspecified atom stereocenters. The lowest BCUT2D eigenvalue weighted by atomic mass is 9.96. The van der Waals surface area contributed by atoms with E-state index in [0.29, 0.717) is 37.1 Å². The Morgan fingerprint density at radius 2 is 1.79 bits per heavy atom. The van der Waals surface area contributed by atoms with Crippen molar-refractivity contribution < 1.29 is 19.1 Å². The Hall–Kier alpha value is -1.51. The average molecular weight is 357 g/mol. The predicted molar refractivity (Wildman–Crippen MR) is 94.2 cm³/mol. The third-order valence-electron chi connectivity index (χ3n) is 3.27. The number of rotatable bonds is 9. The van der Waals surface area contributed by atoms with E-state index in [0.717, 1.165) is 0 Å². The van der Waals surface area contributed by atoms with Crippen LogP contribution >= 0.6 is 11.3 Å². The van der Waals surface area contributed by atoms with E-state index < -0.39 is 5.41 Å². The van der Waals surface area contributed by atoms with Crippen LogP contribution in [0.25, 0.3) is 0 Å². The molecule has 1 aromatic heterocycles. The number of thiazole rings is 1. The van der Waals surface area contributed by atoms with E-state index in [1.165, 1.54) is 11.3 Å². The fourth-order valence-electron chi connectivity index (χ4n) is 1.76. The van der Waals surface area contributed by atoms with Crippen LogP contribution < -0.4 is 5.32 Å². The molecule has 0 saturated heterocycles. The summed E-state index contributed by atoms with van der Waals surface area (Å²) in [5.41, 5.74) is 0.160. The summed E-state index contributed by atoms with van der Waals surface area (Å²) in [5.74, 6) is -0.139. The normalized spacial score (nSPS) is 11.4. The number of ether oxygens (including phenoxy) is 2. The van der Waals surface area contributed by atoms with Crippen molar-refractivity contribution in [2.45, 2.75) is 27.2 Å². The molecule has 2 amide bonds. The minimum absolute atomic E-state index is 0.0388. The SMILES string of the molecule is COCCN(CCOC)C(=O)Cc1csc(NC(=O)C(C)(C)C)n1. The Labute approximate surface area is 147 Å². The average Bonchev–Trinajstić information content (AvgIpc) is 2.93. The van der Waals surface area contributed by atoms with E-state index >= 15 is 0 Å². The van der Waals surface area contributed by atoms with Gasteiger partial charge in [-0.3, -0.25) is 9.59 Å². The molecule has 1 heterocycles. The van der Waals surface area contributed by atoms with Crippen LogP contribution in [0, 0.1) is 5.41 Å². The van der Waals surface area contributed by atoms with Gasteiger partial charge in [0.1, 0.15) is 0 Å². The first kappa shape index (κ1) is 20.5. The van der Waals surface area contributed by atoms with Gasteiger partial charge in [0, 0.05) is 38.1 Å². The second-order valence-corrected chi connectivity index (χ2v) is 7.25. The maximum atomic E-state index is 12.4. The van der Waals surface area contributed by atoms with Gasteiger partial charge in [-0.05, 0) is 0 Å². The molecule has 0 aliphatic carbocycles. The predicted octanol–water partition coefficient (Wildman–Crippen LogP) is 1.79. The number of nitrogens with zero attached hydrogens (tertiary/aromatic N) is 2. The second-order valence-electron chi connectivity index (χ2n) is 6.39. The van der Waals surface area contributed by atoms with Crippen LogP contribution in [0.15, 0.2) is 5.38 Å². The molecule has 0 aromatic carbocycles. The quantitative estimate of drug-likeness (QED) is 0.729. The number of methoxy groups -OCH3 is 2. The Morgan fingerprint density at radius 3 is 2.29 bits per heavy atom. The molecule has 0 saturated carbocycles. The van der Waals surface area contributed by atoms with Crippen molar-refractivity contribution in [1.29, 1.82) is 0 Å². The topological polar surface area (TPSA) is 80.8 Å². The summed E-state index contributed by atoms with van der Waals surface area (Å²) in [5, 5.41) is 5.08. The zero-order valence-electron chi connectivity index (χ0n) is 15.0. The van der Waals surface area contributed by atoms with Crippen LogP contribution in [-0.4, -0.2) is 62.2 Å². The lowest BCUT2D eigenvalue weighted by Gasteiger charge is -2.21. The minimum Gasteiger partial charge on any atom is -0.383 e. The highest BCUT2D eigenvalue weighted by Crippen LogP contribution is 2.21. The van der Waals surface area contributed by atoms with Gasteiger partial charge in [-0.15, -0.1) is 11.3 Å². The molecule has 0 aliphatic rings. The van der Waals surface area contributed by atoms with Crippen LogP contribution in [0.5, 0.6) is 0 Å². The Morgan fingerprint density at radius 1 is 1.21 bits per heavy atom. The first-order valence-corrected chi connectivity index (χ1v) is 8.67. The molecule has 136 valence electrons. The third kappa shape index (κ3) is 6.94. The highest BCUT2D eigenvalue weighted by Gasteiger charge is 2.22. The highest BCUT2D eigenvalue weighted by molar-refractivity contribution is 7.13. The van der Waals surface area contributed by atoms with Crippen molar-refractivity contribution in [3.05, 3.63) is 11.1 Å². The molecule has 0 radical (unpaired) electrons. The van der Waals surface area contributed by atoms with Crippen molar-refractivity contribution in [1.82, 2.24) is 9.88 Å². The minimum atomic E-state index is -0.487. The summed E-state index contributed by atoms with van der Waals surface area (Å²) in [4.78, 5) is 30.4. The summed E-state index contributed by atoms with van der Waals surface area (Å²) < 4.78 is 10.1. The Bertz CT molecular complexity index is 532. The number of hydrogen-bond donors (Lipinski definition) is 1. The van der Waals surface area contributed by atoms with E-state index in [1.54, 1.807) is 24.5 Å². The van der Waals surface area contributed by atoms with Crippen molar-refractivity contribution >= 4 is 28.3 Å². The Kier molecular flexibility index (Phi) is 8.30. The molecule has 7 nitrogen and oxygen atoms in total. The number of amides is 2. The van der Waals surface area contributed by atoms with Crippen LogP contribution in [0.1, 0.15) is 26.5 Å². The third-order valence-corrected chi connectivity index (χ3v) is 4.08. The zero-order chi connectivity index (χ0) is 18.2. The Balaban J connectivity index is 2.63. The maximum Gasteiger partial charge on any atom is 0.231 e. The smallest absolute Gasteiger partial charge is 0.231 e.